The fourth-order valence-electron chi connectivity index (χ4n) is 1.90. The van der Waals surface area contributed by atoms with Gasteiger partial charge in [0.1, 0.15) is 5.75 Å². The third kappa shape index (κ3) is 4.51. The zero-order chi connectivity index (χ0) is 15.2. The third-order valence-electron chi connectivity index (χ3n) is 3.03. The number of carbonyl (C=O) groups excluding carboxylic acids is 1. The van der Waals surface area contributed by atoms with Gasteiger partial charge in [-0.2, -0.15) is 0 Å². The van der Waals surface area contributed by atoms with E-state index in [2.05, 4.69) is 15.5 Å². The van der Waals surface area contributed by atoms with Crippen LogP contribution in [-0.2, 0) is 9.53 Å². The lowest BCUT2D eigenvalue weighted by molar-refractivity contribution is -0.118. The molecule has 1 heterocycles. The Kier molecular flexibility index (Phi) is 5.24. The molecule has 1 aromatic carbocycles. The molecule has 2 rings (SSSR count). The molecule has 0 atom stereocenters. The van der Waals surface area contributed by atoms with E-state index in [9.17, 15) is 4.79 Å². The van der Waals surface area contributed by atoms with E-state index < -0.39 is 0 Å². The van der Waals surface area contributed by atoms with Crippen molar-refractivity contribution < 1.29 is 14.3 Å². The topological polar surface area (TPSA) is 88.8 Å². The Morgan fingerprint density at radius 1 is 1.43 bits per heavy atom. The molecule has 0 saturated carbocycles. The molecule has 4 N–H and O–H groups in total. The summed E-state index contributed by atoms with van der Waals surface area (Å²) in [5.41, 5.74) is 7.93. The van der Waals surface area contributed by atoms with Crippen LogP contribution in [0.25, 0.3) is 0 Å². The van der Waals surface area contributed by atoms with Crippen molar-refractivity contribution in [1.29, 1.82) is 0 Å². The minimum Gasteiger partial charge on any atom is -0.482 e. The maximum atomic E-state index is 11.3. The first kappa shape index (κ1) is 15.4. The molecule has 0 saturated heterocycles. The maximum Gasteiger partial charge on any atom is 0.262 e. The van der Waals surface area contributed by atoms with Crippen molar-refractivity contribution in [2.75, 3.05) is 63.4 Å². The van der Waals surface area contributed by atoms with Crippen molar-refractivity contribution in [3.63, 3.8) is 0 Å². The van der Waals surface area contributed by atoms with Crippen LogP contribution in [-0.4, -0.2) is 57.8 Å². The van der Waals surface area contributed by atoms with Gasteiger partial charge in [0, 0.05) is 19.2 Å². The van der Waals surface area contributed by atoms with Crippen molar-refractivity contribution in [3.8, 4) is 5.75 Å². The number of nitrogen functional groups attached to an aromatic ring is 1. The van der Waals surface area contributed by atoms with Gasteiger partial charge < -0.3 is 30.7 Å². The average Bonchev–Trinajstić information content (AvgIpc) is 2.43. The number of nitrogens with one attached hydrogen (secondary N) is 2. The molecular weight excluding hydrogens is 272 g/mol. The second kappa shape index (κ2) is 7.14. The minimum atomic E-state index is -0.162. The monoisotopic (exact) mass is 294 g/mol. The van der Waals surface area contributed by atoms with Crippen LogP contribution in [0.4, 0.5) is 17.1 Å². The van der Waals surface area contributed by atoms with E-state index in [0.717, 1.165) is 12.2 Å². The quantitative estimate of drug-likeness (QED) is 0.504. The van der Waals surface area contributed by atoms with Crippen LogP contribution in [0.3, 0.4) is 0 Å². The zero-order valence-corrected chi connectivity index (χ0v) is 12.4. The van der Waals surface area contributed by atoms with E-state index in [1.807, 2.05) is 14.1 Å². The Hall–Kier alpha value is -1.99. The smallest absolute Gasteiger partial charge is 0.262 e. The summed E-state index contributed by atoms with van der Waals surface area (Å²) in [6.07, 6.45) is 0. The second-order valence-electron chi connectivity index (χ2n) is 5.11. The van der Waals surface area contributed by atoms with Gasteiger partial charge in [-0.1, -0.05) is 0 Å². The van der Waals surface area contributed by atoms with E-state index in [1.54, 1.807) is 12.1 Å². The molecule has 1 aromatic rings. The van der Waals surface area contributed by atoms with Gasteiger partial charge in [0.15, 0.2) is 6.61 Å². The van der Waals surface area contributed by atoms with Crippen molar-refractivity contribution in [3.05, 3.63) is 12.1 Å². The van der Waals surface area contributed by atoms with Crippen LogP contribution in [0.1, 0.15) is 0 Å². The van der Waals surface area contributed by atoms with Gasteiger partial charge in [-0.3, -0.25) is 4.79 Å². The first-order valence-electron chi connectivity index (χ1n) is 6.89. The lowest BCUT2D eigenvalue weighted by Gasteiger charge is -2.20. The molecule has 0 bridgehead atoms. The average molecular weight is 294 g/mol. The Morgan fingerprint density at radius 2 is 2.24 bits per heavy atom. The Morgan fingerprint density at radius 3 is 3.00 bits per heavy atom. The van der Waals surface area contributed by atoms with Crippen molar-refractivity contribution in [2.24, 2.45) is 0 Å². The van der Waals surface area contributed by atoms with Gasteiger partial charge in [0.2, 0.25) is 0 Å². The molecule has 0 spiro atoms. The van der Waals surface area contributed by atoms with Crippen LogP contribution in [0.15, 0.2) is 12.1 Å². The number of ether oxygens (including phenoxy) is 2. The largest absolute Gasteiger partial charge is 0.482 e. The molecule has 1 aliphatic rings. The highest BCUT2D eigenvalue weighted by molar-refractivity contribution is 5.97. The number of benzene rings is 1. The van der Waals surface area contributed by atoms with E-state index >= 15 is 0 Å². The number of hydrogen-bond acceptors (Lipinski definition) is 6. The number of likely N-dealkylation sites (N-methyl/N-ethyl adjacent to an activating group) is 1. The summed E-state index contributed by atoms with van der Waals surface area (Å²) in [4.78, 5) is 13.4. The lowest BCUT2D eigenvalue weighted by Crippen LogP contribution is -2.25. The summed E-state index contributed by atoms with van der Waals surface area (Å²) in [6, 6.07) is 3.49. The minimum absolute atomic E-state index is 0.0267. The van der Waals surface area contributed by atoms with Crippen LogP contribution in [0.2, 0.25) is 0 Å². The lowest BCUT2D eigenvalue weighted by atomic mass is 10.2. The highest BCUT2D eigenvalue weighted by Crippen LogP contribution is 2.34. The normalized spacial score (nSPS) is 13.6. The number of nitrogens with zero attached hydrogens (tertiary/aromatic N) is 1. The summed E-state index contributed by atoms with van der Waals surface area (Å²) in [5, 5.41) is 5.95. The number of amides is 1. The standard InChI is InChI=1S/C14H22N4O3/c1-18(2)4-6-20-5-3-16-11-8-12-13(7-10(11)15)21-9-14(19)17-12/h7-8,16H,3-6,9,15H2,1-2H3,(H,17,19). The summed E-state index contributed by atoms with van der Waals surface area (Å²) in [6.45, 7) is 2.85. The molecule has 1 amide bonds. The van der Waals surface area contributed by atoms with E-state index in [0.29, 0.717) is 36.9 Å². The number of rotatable bonds is 7. The molecule has 116 valence electrons. The van der Waals surface area contributed by atoms with Crippen LogP contribution >= 0.6 is 0 Å². The number of hydrogen-bond donors (Lipinski definition) is 3. The number of nitrogens with two attached hydrogens (primary N) is 1. The van der Waals surface area contributed by atoms with Gasteiger partial charge >= 0.3 is 0 Å². The zero-order valence-electron chi connectivity index (χ0n) is 12.4. The number of carbonyl (C=O) groups is 1. The fraction of sp³-hybridized carbons (Fsp3) is 0.500. The highest BCUT2D eigenvalue weighted by atomic mass is 16.5. The molecule has 7 nitrogen and oxygen atoms in total. The fourth-order valence-corrected chi connectivity index (χ4v) is 1.90. The number of fused-ring (bicyclic) bond motifs is 1. The van der Waals surface area contributed by atoms with Gasteiger partial charge in [0.05, 0.1) is 30.3 Å². The molecule has 0 fully saturated rings. The van der Waals surface area contributed by atoms with Crippen LogP contribution in [0, 0.1) is 0 Å². The predicted octanol–water partition coefficient (Wildman–Crippen LogP) is 0.590. The first-order valence-corrected chi connectivity index (χ1v) is 6.89. The van der Waals surface area contributed by atoms with E-state index in [4.69, 9.17) is 15.2 Å². The van der Waals surface area contributed by atoms with Gasteiger partial charge in [-0.15, -0.1) is 0 Å². The second-order valence-corrected chi connectivity index (χ2v) is 5.11. The molecule has 0 aliphatic carbocycles. The van der Waals surface area contributed by atoms with Crippen LogP contribution in [0.5, 0.6) is 5.75 Å². The van der Waals surface area contributed by atoms with Crippen LogP contribution < -0.4 is 21.1 Å². The Bertz CT molecular complexity index is 505. The summed E-state index contributed by atoms with van der Waals surface area (Å²) < 4.78 is 10.8. The SMILES string of the molecule is CN(C)CCOCCNc1cc2c(cc1N)OCC(=O)N2. The first-order chi connectivity index (χ1) is 10.1. The van der Waals surface area contributed by atoms with Gasteiger partial charge in [0.25, 0.3) is 5.91 Å². The maximum absolute atomic E-state index is 11.3. The third-order valence-corrected chi connectivity index (χ3v) is 3.03. The van der Waals surface area contributed by atoms with Crippen molar-refractivity contribution >= 4 is 23.0 Å². The van der Waals surface area contributed by atoms with Gasteiger partial charge in [-0.05, 0) is 20.2 Å². The molecule has 0 unspecified atom stereocenters. The summed E-state index contributed by atoms with van der Waals surface area (Å²) in [5.74, 6) is 0.435. The van der Waals surface area contributed by atoms with Gasteiger partial charge in [-0.25, -0.2) is 0 Å². The Labute approximate surface area is 124 Å². The summed E-state index contributed by atoms with van der Waals surface area (Å²) in [7, 11) is 4.01. The molecular formula is C14H22N4O3. The Balaban J connectivity index is 1.83. The summed E-state index contributed by atoms with van der Waals surface area (Å²) >= 11 is 0. The van der Waals surface area contributed by atoms with Crippen molar-refractivity contribution in [2.45, 2.75) is 0 Å². The van der Waals surface area contributed by atoms with E-state index in [1.165, 1.54) is 0 Å². The number of anilines is 3. The molecule has 21 heavy (non-hydrogen) atoms. The molecule has 1 aliphatic heterocycles. The highest BCUT2D eigenvalue weighted by Gasteiger charge is 2.17. The predicted molar refractivity (Wildman–Crippen MR) is 82.8 cm³/mol. The van der Waals surface area contributed by atoms with E-state index in [-0.39, 0.29) is 12.5 Å². The molecule has 0 aromatic heterocycles. The molecule has 0 radical (unpaired) electrons. The van der Waals surface area contributed by atoms with Crippen molar-refractivity contribution in [1.82, 2.24) is 4.90 Å². The molecule has 7 heteroatoms.